The summed E-state index contributed by atoms with van der Waals surface area (Å²) in [6, 6.07) is 10.7. The molecule has 0 aliphatic carbocycles. The molecule has 0 amide bonds. The third kappa shape index (κ3) is 4.17. The first kappa shape index (κ1) is 17.4. The van der Waals surface area contributed by atoms with Gasteiger partial charge in [-0.25, -0.2) is 0 Å². The molecule has 0 unspecified atom stereocenters. The lowest BCUT2D eigenvalue weighted by atomic mass is 10.2. The molecule has 134 valence electrons. The van der Waals surface area contributed by atoms with Gasteiger partial charge in [0, 0.05) is 46.0 Å². The first-order valence-corrected chi connectivity index (χ1v) is 8.77. The van der Waals surface area contributed by atoms with Crippen molar-refractivity contribution in [1.82, 2.24) is 19.9 Å². The van der Waals surface area contributed by atoms with Gasteiger partial charge >= 0.3 is 0 Å². The zero-order valence-electron chi connectivity index (χ0n) is 15.3. The minimum Gasteiger partial charge on any atom is -0.370 e. The summed E-state index contributed by atoms with van der Waals surface area (Å²) in [6.45, 7) is 6.20. The van der Waals surface area contributed by atoms with Crippen molar-refractivity contribution in [1.29, 1.82) is 0 Å². The molecule has 0 saturated carbocycles. The van der Waals surface area contributed by atoms with E-state index in [1.807, 2.05) is 19.0 Å². The van der Waals surface area contributed by atoms with Gasteiger partial charge in [0.1, 0.15) is 0 Å². The molecule has 0 radical (unpaired) electrons. The maximum Gasteiger partial charge on any atom is 0.229 e. The van der Waals surface area contributed by atoms with Crippen LogP contribution >= 0.6 is 0 Å². The fourth-order valence-corrected chi connectivity index (χ4v) is 3.17. The zero-order chi connectivity index (χ0) is 17.8. The quantitative estimate of drug-likeness (QED) is 0.909. The lowest BCUT2D eigenvalue weighted by molar-refractivity contribution is 0.218. The van der Waals surface area contributed by atoms with E-state index in [4.69, 9.17) is 5.73 Å². The number of aromatic nitrogens is 3. The number of benzene rings is 1. The molecule has 1 aliphatic heterocycles. The van der Waals surface area contributed by atoms with Gasteiger partial charge in [0.2, 0.25) is 11.9 Å². The Bertz CT molecular complexity index is 689. The van der Waals surface area contributed by atoms with E-state index in [9.17, 15) is 0 Å². The van der Waals surface area contributed by atoms with Crippen molar-refractivity contribution in [3.05, 3.63) is 36.2 Å². The Morgan fingerprint density at radius 1 is 1.00 bits per heavy atom. The fourth-order valence-electron chi connectivity index (χ4n) is 3.17. The third-order valence-corrected chi connectivity index (χ3v) is 4.63. The van der Waals surface area contributed by atoms with Crippen molar-refractivity contribution in [2.75, 3.05) is 55.8 Å². The number of rotatable bonds is 4. The molecular formula is C18H27N7. The van der Waals surface area contributed by atoms with E-state index >= 15 is 0 Å². The van der Waals surface area contributed by atoms with E-state index < -0.39 is 0 Å². The summed E-state index contributed by atoms with van der Waals surface area (Å²) in [7, 11) is 3.82. The summed E-state index contributed by atoms with van der Waals surface area (Å²) in [4.78, 5) is 19.9. The Kier molecular flexibility index (Phi) is 5.33. The summed E-state index contributed by atoms with van der Waals surface area (Å²) in [5.41, 5.74) is 7.17. The fraction of sp³-hybridized carbons (Fsp3) is 0.500. The van der Waals surface area contributed by atoms with Gasteiger partial charge in [-0.1, -0.05) is 18.2 Å². The molecule has 1 aromatic carbocycles. The molecule has 1 aliphatic rings. The van der Waals surface area contributed by atoms with Crippen molar-refractivity contribution >= 4 is 17.6 Å². The minimum atomic E-state index is 0.111. The molecule has 7 heteroatoms. The Hall–Kier alpha value is -2.41. The standard InChI is InChI=1S/C18H27N7/c1-14(16-20-17(19)22-18(21-16)23(2)3)24-10-7-11-25(13-12-24)15-8-5-4-6-9-15/h4-6,8-9,14H,7,10-13H2,1-3H3,(H2,19,20,21,22)/t14-/m0/s1. The van der Waals surface area contributed by atoms with Crippen LogP contribution in [-0.4, -0.2) is 60.1 Å². The Morgan fingerprint density at radius 2 is 1.76 bits per heavy atom. The van der Waals surface area contributed by atoms with Crippen molar-refractivity contribution < 1.29 is 0 Å². The Balaban J connectivity index is 1.72. The molecule has 25 heavy (non-hydrogen) atoms. The first-order valence-electron chi connectivity index (χ1n) is 8.77. The largest absolute Gasteiger partial charge is 0.370 e. The predicted molar refractivity (Wildman–Crippen MR) is 102 cm³/mol. The average Bonchev–Trinajstić information content (AvgIpc) is 2.87. The number of nitrogen functional groups attached to an aromatic ring is 1. The van der Waals surface area contributed by atoms with Gasteiger partial charge in [0.05, 0.1) is 6.04 Å². The molecule has 2 aromatic rings. The van der Waals surface area contributed by atoms with Gasteiger partial charge < -0.3 is 15.5 Å². The normalized spacial score (nSPS) is 17.2. The smallest absolute Gasteiger partial charge is 0.229 e. The second kappa shape index (κ2) is 7.65. The molecule has 0 spiro atoms. The molecular weight excluding hydrogens is 314 g/mol. The highest BCUT2D eigenvalue weighted by atomic mass is 15.3. The highest BCUT2D eigenvalue weighted by Crippen LogP contribution is 2.22. The number of anilines is 3. The Morgan fingerprint density at radius 3 is 2.48 bits per heavy atom. The van der Waals surface area contributed by atoms with Crippen LogP contribution in [0.15, 0.2) is 30.3 Å². The maximum absolute atomic E-state index is 5.88. The van der Waals surface area contributed by atoms with Crippen LogP contribution in [0, 0.1) is 0 Å². The van der Waals surface area contributed by atoms with Gasteiger partial charge in [-0.15, -0.1) is 0 Å². The molecule has 1 fully saturated rings. The monoisotopic (exact) mass is 341 g/mol. The van der Waals surface area contributed by atoms with Crippen LogP contribution in [0.25, 0.3) is 0 Å². The van der Waals surface area contributed by atoms with Gasteiger partial charge in [0.15, 0.2) is 5.82 Å². The molecule has 2 N–H and O–H groups in total. The SMILES string of the molecule is C[C@@H](c1nc(N)nc(N(C)C)n1)N1CCCN(c2ccccc2)CC1. The summed E-state index contributed by atoms with van der Waals surface area (Å²) in [6.07, 6.45) is 1.11. The second-order valence-corrected chi connectivity index (χ2v) is 6.63. The highest BCUT2D eigenvalue weighted by Gasteiger charge is 2.23. The summed E-state index contributed by atoms with van der Waals surface area (Å²) in [5.74, 6) is 1.63. The highest BCUT2D eigenvalue weighted by molar-refractivity contribution is 5.46. The van der Waals surface area contributed by atoms with Crippen LogP contribution in [0.5, 0.6) is 0 Å². The summed E-state index contributed by atoms with van der Waals surface area (Å²) in [5, 5.41) is 0. The molecule has 2 heterocycles. The van der Waals surface area contributed by atoms with Crippen molar-refractivity contribution in [2.45, 2.75) is 19.4 Å². The van der Waals surface area contributed by atoms with Crippen LogP contribution in [0.2, 0.25) is 0 Å². The van der Waals surface area contributed by atoms with E-state index in [2.05, 4.69) is 62.0 Å². The van der Waals surface area contributed by atoms with Gasteiger partial charge in [0.25, 0.3) is 0 Å². The van der Waals surface area contributed by atoms with E-state index in [0.717, 1.165) is 38.4 Å². The van der Waals surface area contributed by atoms with Crippen LogP contribution < -0.4 is 15.5 Å². The first-order chi connectivity index (χ1) is 12.0. The van der Waals surface area contributed by atoms with Crippen molar-refractivity contribution in [3.63, 3.8) is 0 Å². The molecule has 1 atom stereocenters. The van der Waals surface area contributed by atoms with Crippen LogP contribution in [-0.2, 0) is 0 Å². The van der Waals surface area contributed by atoms with Gasteiger partial charge in [-0.2, -0.15) is 15.0 Å². The summed E-state index contributed by atoms with van der Waals surface area (Å²) >= 11 is 0. The number of nitrogens with zero attached hydrogens (tertiary/aromatic N) is 6. The number of hydrogen-bond acceptors (Lipinski definition) is 7. The molecule has 7 nitrogen and oxygen atoms in total. The molecule has 0 bridgehead atoms. The second-order valence-electron chi connectivity index (χ2n) is 6.63. The van der Waals surface area contributed by atoms with E-state index in [1.165, 1.54) is 5.69 Å². The summed E-state index contributed by atoms with van der Waals surface area (Å²) < 4.78 is 0. The molecule has 1 aromatic heterocycles. The minimum absolute atomic E-state index is 0.111. The topological polar surface area (TPSA) is 74.4 Å². The van der Waals surface area contributed by atoms with Gasteiger partial charge in [-0.05, 0) is 25.5 Å². The zero-order valence-corrected chi connectivity index (χ0v) is 15.3. The van der Waals surface area contributed by atoms with Crippen LogP contribution in [0.1, 0.15) is 25.2 Å². The van der Waals surface area contributed by atoms with E-state index in [0.29, 0.717) is 5.95 Å². The van der Waals surface area contributed by atoms with Crippen molar-refractivity contribution in [2.24, 2.45) is 0 Å². The van der Waals surface area contributed by atoms with E-state index in [-0.39, 0.29) is 12.0 Å². The number of para-hydroxylation sites is 1. The number of nitrogens with two attached hydrogens (primary N) is 1. The van der Waals surface area contributed by atoms with Gasteiger partial charge in [-0.3, -0.25) is 4.90 Å². The van der Waals surface area contributed by atoms with Crippen molar-refractivity contribution in [3.8, 4) is 0 Å². The van der Waals surface area contributed by atoms with E-state index in [1.54, 1.807) is 0 Å². The predicted octanol–water partition coefficient (Wildman–Crippen LogP) is 1.79. The van der Waals surface area contributed by atoms with Crippen LogP contribution in [0.3, 0.4) is 0 Å². The Labute approximate surface area is 149 Å². The number of hydrogen-bond donors (Lipinski definition) is 1. The van der Waals surface area contributed by atoms with Crippen LogP contribution in [0.4, 0.5) is 17.6 Å². The maximum atomic E-state index is 5.88. The lowest BCUT2D eigenvalue weighted by Crippen LogP contribution is -2.33. The lowest BCUT2D eigenvalue weighted by Gasteiger charge is -2.27. The third-order valence-electron chi connectivity index (χ3n) is 4.63. The molecule has 3 rings (SSSR count). The molecule has 1 saturated heterocycles. The average molecular weight is 341 g/mol.